The van der Waals surface area contributed by atoms with Crippen molar-refractivity contribution in [1.29, 1.82) is 0 Å². The van der Waals surface area contributed by atoms with Crippen molar-refractivity contribution in [3.05, 3.63) is 54.3 Å². The molecule has 0 spiro atoms. The Balaban J connectivity index is 1.43. The van der Waals surface area contributed by atoms with Gasteiger partial charge in [-0.2, -0.15) is 0 Å². The maximum atomic E-state index is 13.9. The topological polar surface area (TPSA) is 37.2 Å². The minimum atomic E-state index is -0.150. The van der Waals surface area contributed by atoms with Gasteiger partial charge in [-0.15, -0.1) is 5.10 Å². The maximum absolute atomic E-state index is 13.9. The van der Waals surface area contributed by atoms with E-state index >= 15 is 0 Å². The smallest absolute Gasteiger partial charge is 0.146 e. The van der Waals surface area contributed by atoms with E-state index in [1.165, 1.54) is 6.07 Å². The number of hydrogen-bond donors (Lipinski definition) is 0. The summed E-state index contributed by atoms with van der Waals surface area (Å²) >= 11 is 0. The Kier molecular flexibility index (Phi) is 3.67. The summed E-state index contributed by atoms with van der Waals surface area (Å²) in [7, 11) is 0. The molecule has 118 valence electrons. The number of halogens is 1. The lowest BCUT2D eigenvalue weighted by atomic mass is 10.2. The zero-order valence-electron chi connectivity index (χ0n) is 12.8. The zero-order chi connectivity index (χ0) is 15.6. The number of rotatable bonds is 3. The Labute approximate surface area is 133 Å². The lowest BCUT2D eigenvalue weighted by Gasteiger charge is -2.36. The Morgan fingerprint density at radius 3 is 2.48 bits per heavy atom. The highest BCUT2D eigenvalue weighted by atomic mass is 19.1. The van der Waals surface area contributed by atoms with Crippen molar-refractivity contribution < 1.29 is 4.39 Å². The van der Waals surface area contributed by atoms with Gasteiger partial charge in [0.05, 0.1) is 17.9 Å². The minimum absolute atomic E-state index is 0.150. The molecular formula is C17H18FN5. The van der Waals surface area contributed by atoms with E-state index in [2.05, 4.69) is 20.1 Å². The van der Waals surface area contributed by atoms with Gasteiger partial charge in [0, 0.05) is 26.2 Å². The molecule has 6 heteroatoms. The zero-order valence-corrected chi connectivity index (χ0v) is 12.8. The molecule has 0 amide bonds. The quantitative estimate of drug-likeness (QED) is 0.744. The number of fused-ring (bicyclic) bond motifs is 1. The van der Waals surface area contributed by atoms with Gasteiger partial charge in [-0.25, -0.2) is 9.07 Å². The summed E-state index contributed by atoms with van der Waals surface area (Å²) in [4.78, 5) is 4.42. The van der Waals surface area contributed by atoms with Gasteiger partial charge >= 0.3 is 0 Å². The summed E-state index contributed by atoms with van der Waals surface area (Å²) in [6, 6.07) is 14.9. The molecule has 1 aliphatic heterocycles. The van der Waals surface area contributed by atoms with Crippen LogP contribution in [0.15, 0.2) is 48.5 Å². The lowest BCUT2D eigenvalue weighted by Crippen LogP contribution is -2.47. The van der Waals surface area contributed by atoms with Crippen LogP contribution < -0.4 is 4.90 Å². The van der Waals surface area contributed by atoms with Gasteiger partial charge in [0.2, 0.25) is 0 Å². The molecule has 0 N–H and O–H groups in total. The van der Waals surface area contributed by atoms with Crippen molar-refractivity contribution in [2.75, 3.05) is 31.1 Å². The molecule has 0 radical (unpaired) electrons. The predicted molar refractivity (Wildman–Crippen MR) is 87.7 cm³/mol. The van der Waals surface area contributed by atoms with Gasteiger partial charge in [0.25, 0.3) is 0 Å². The number of hydrogen-bond acceptors (Lipinski definition) is 4. The highest BCUT2D eigenvalue weighted by Gasteiger charge is 2.20. The number of anilines is 1. The van der Waals surface area contributed by atoms with Crippen LogP contribution in [0, 0.1) is 5.82 Å². The van der Waals surface area contributed by atoms with Crippen LogP contribution >= 0.6 is 0 Å². The first-order valence-corrected chi connectivity index (χ1v) is 7.81. The van der Waals surface area contributed by atoms with E-state index in [1.54, 1.807) is 6.07 Å². The predicted octanol–water partition coefficient (Wildman–Crippen LogP) is 2.35. The van der Waals surface area contributed by atoms with Crippen LogP contribution in [0.25, 0.3) is 11.0 Å². The highest BCUT2D eigenvalue weighted by molar-refractivity contribution is 5.73. The van der Waals surface area contributed by atoms with Crippen molar-refractivity contribution in [2.24, 2.45) is 0 Å². The van der Waals surface area contributed by atoms with E-state index in [0.717, 1.165) is 37.2 Å². The number of benzene rings is 2. The second kappa shape index (κ2) is 5.96. The lowest BCUT2D eigenvalue weighted by molar-refractivity contribution is 0.197. The summed E-state index contributed by atoms with van der Waals surface area (Å²) in [5, 5.41) is 8.42. The molecule has 23 heavy (non-hydrogen) atoms. The van der Waals surface area contributed by atoms with E-state index in [1.807, 2.05) is 41.1 Å². The molecule has 0 saturated carbocycles. The monoisotopic (exact) mass is 311 g/mol. The third kappa shape index (κ3) is 2.77. The van der Waals surface area contributed by atoms with Crippen LogP contribution in [0.3, 0.4) is 0 Å². The highest BCUT2D eigenvalue weighted by Crippen LogP contribution is 2.20. The largest absolute Gasteiger partial charge is 0.367 e. The molecule has 5 nitrogen and oxygen atoms in total. The fraction of sp³-hybridized carbons (Fsp3) is 0.294. The van der Waals surface area contributed by atoms with Crippen LogP contribution in [0.1, 0.15) is 0 Å². The molecular weight excluding hydrogens is 293 g/mol. The van der Waals surface area contributed by atoms with Crippen LogP contribution in [0.2, 0.25) is 0 Å². The molecule has 2 aromatic carbocycles. The van der Waals surface area contributed by atoms with Crippen LogP contribution in [0.4, 0.5) is 10.1 Å². The minimum Gasteiger partial charge on any atom is -0.367 e. The van der Waals surface area contributed by atoms with Crippen LogP contribution in [-0.2, 0) is 6.67 Å². The first-order chi connectivity index (χ1) is 11.3. The molecule has 0 atom stereocenters. The summed E-state index contributed by atoms with van der Waals surface area (Å²) in [6.45, 7) is 4.10. The van der Waals surface area contributed by atoms with E-state index in [4.69, 9.17) is 0 Å². The molecule has 3 aromatic rings. The fourth-order valence-electron chi connectivity index (χ4n) is 3.05. The number of nitrogens with zero attached hydrogens (tertiary/aromatic N) is 5. The molecule has 2 heterocycles. The average Bonchev–Trinajstić information content (AvgIpc) is 2.99. The Bertz CT molecular complexity index is 807. The normalized spacial score (nSPS) is 16.1. The van der Waals surface area contributed by atoms with Crippen molar-refractivity contribution in [3.8, 4) is 0 Å². The van der Waals surface area contributed by atoms with Gasteiger partial charge in [-0.3, -0.25) is 4.90 Å². The maximum Gasteiger partial charge on any atom is 0.146 e. The molecule has 1 saturated heterocycles. The second-order valence-electron chi connectivity index (χ2n) is 5.78. The molecule has 4 rings (SSSR count). The number of aromatic nitrogens is 3. The average molecular weight is 311 g/mol. The standard InChI is InChI=1S/C17H18FN5/c18-14-5-1-3-7-16(14)22-11-9-21(10-12-22)13-23-17-8-4-2-6-15(17)19-20-23/h1-8H,9-13H2. The van der Waals surface area contributed by atoms with Gasteiger partial charge < -0.3 is 4.90 Å². The third-order valence-corrected chi connectivity index (χ3v) is 4.32. The van der Waals surface area contributed by atoms with Crippen molar-refractivity contribution in [3.63, 3.8) is 0 Å². The molecule has 1 aliphatic rings. The van der Waals surface area contributed by atoms with Gasteiger partial charge in [0.1, 0.15) is 11.3 Å². The van der Waals surface area contributed by atoms with Crippen LogP contribution in [-0.4, -0.2) is 46.1 Å². The summed E-state index contributed by atoms with van der Waals surface area (Å²) < 4.78 is 15.8. The first kappa shape index (κ1) is 14.1. The van der Waals surface area contributed by atoms with E-state index in [0.29, 0.717) is 12.4 Å². The summed E-state index contributed by atoms with van der Waals surface area (Å²) in [6.07, 6.45) is 0. The van der Waals surface area contributed by atoms with E-state index < -0.39 is 0 Å². The second-order valence-corrected chi connectivity index (χ2v) is 5.78. The van der Waals surface area contributed by atoms with Gasteiger partial charge in [-0.05, 0) is 24.3 Å². The van der Waals surface area contributed by atoms with Crippen molar-refractivity contribution in [2.45, 2.75) is 6.67 Å². The van der Waals surface area contributed by atoms with E-state index in [9.17, 15) is 4.39 Å². The number of piperazine rings is 1. The Morgan fingerprint density at radius 1 is 0.913 bits per heavy atom. The first-order valence-electron chi connectivity index (χ1n) is 7.81. The Hall–Kier alpha value is -2.47. The molecule has 1 fully saturated rings. The van der Waals surface area contributed by atoms with Crippen molar-refractivity contribution in [1.82, 2.24) is 19.9 Å². The summed E-state index contributed by atoms with van der Waals surface area (Å²) in [5.74, 6) is -0.150. The summed E-state index contributed by atoms with van der Waals surface area (Å²) in [5.41, 5.74) is 2.65. The van der Waals surface area contributed by atoms with Crippen molar-refractivity contribution >= 4 is 16.7 Å². The number of para-hydroxylation sites is 2. The Morgan fingerprint density at radius 2 is 1.65 bits per heavy atom. The fourth-order valence-corrected chi connectivity index (χ4v) is 3.05. The van der Waals surface area contributed by atoms with E-state index in [-0.39, 0.29) is 5.82 Å². The van der Waals surface area contributed by atoms with Crippen LogP contribution in [0.5, 0.6) is 0 Å². The van der Waals surface area contributed by atoms with Gasteiger partial charge in [-0.1, -0.05) is 29.5 Å². The molecule has 0 aliphatic carbocycles. The molecule has 0 unspecified atom stereocenters. The molecule has 1 aromatic heterocycles. The SMILES string of the molecule is Fc1ccccc1N1CCN(Cn2nnc3ccccc32)CC1. The van der Waals surface area contributed by atoms with Gasteiger partial charge in [0.15, 0.2) is 0 Å². The molecule has 0 bridgehead atoms. The third-order valence-electron chi connectivity index (χ3n) is 4.32.